The largest absolute Gasteiger partial charge is 0.481 e. The Labute approximate surface area is 135 Å². The summed E-state index contributed by atoms with van der Waals surface area (Å²) in [7, 11) is 0. The number of carboxylic acids is 1. The molecule has 6 nitrogen and oxygen atoms in total. The van der Waals surface area contributed by atoms with Gasteiger partial charge in [0, 0.05) is 12.2 Å². The van der Waals surface area contributed by atoms with Gasteiger partial charge in [0.25, 0.3) is 5.91 Å². The van der Waals surface area contributed by atoms with E-state index in [9.17, 15) is 9.59 Å². The fourth-order valence-electron chi connectivity index (χ4n) is 5.20. The molecular weight excluding hydrogens is 294 g/mol. The van der Waals surface area contributed by atoms with Crippen molar-refractivity contribution in [1.82, 2.24) is 15.1 Å². The average molecular weight is 317 g/mol. The van der Waals surface area contributed by atoms with Crippen molar-refractivity contribution in [3.8, 4) is 0 Å². The van der Waals surface area contributed by atoms with E-state index in [1.54, 1.807) is 12.3 Å². The quantitative estimate of drug-likeness (QED) is 0.869. The van der Waals surface area contributed by atoms with E-state index in [2.05, 4.69) is 10.4 Å². The fraction of sp³-hybridized carbons (Fsp3) is 0.706. The minimum atomic E-state index is -0.861. The zero-order valence-corrected chi connectivity index (χ0v) is 13.1. The summed E-state index contributed by atoms with van der Waals surface area (Å²) in [6.07, 6.45) is 8.17. The number of amides is 1. The number of aliphatic carboxylic acids is 1. The molecule has 124 valence electrons. The van der Waals surface area contributed by atoms with E-state index < -0.39 is 5.97 Å². The first-order valence-corrected chi connectivity index (χ1v) is 8.64. The molecule has 23 heavy (non-hydrogen) atoms. The van der Waals surface area contributed by atoms with Crippen molar-refractivity contribution in [2.75, 3.05) is 0 Å². The molecule has 6 heteroatoms. The Balaban J connectivity index is 1.39. The van der Waals surface area contributed by atoms with Gasteiger partial charge in [-0.2, -0.15) is 5.10 Å². The van der Waals surface area contributed by atoms with Gasteiger partial charge in [0.15, 0.2) is 0 Å². The standard InChI is InChI=1S/C17H23N3O3/c21-15(22)2-4-20-3-1-14(19-20)17(23)18-16-12-6-10-5-11(8-12)9-13(16)7-10/h1,3,10-13,16H,2,4-9H2,(H,18,23)(H,21,22). The zero-order valence-electron chi connectivity index (χ0n) is 13.1. The third-order valence-electron chi connectivity index (χ3n) is 5.95. The molecule has 0 aliphatic heterocycles. The van der Waals surface area contributed by atoms with Crippen molar-refractivity contribution in [3.63, 3.8) is 0 Å². The predicted molar refractivity (Wildman–Crippen MR) is 82.8 cm³/mol. The van der Waals surface area contributed by atoms with Gasteiger partial charge in [-0.25, -0.2) is 0 Å². The molecule has 1 heterocycles. The minimum Gasteiger partial charge on any atom is -0.481 e. The third kappa shape index (κ3) is 2.86. The minimum absolute atomic E-state index is 0.0122. The van der Waals surface area contributed by atoms with Gasteiger partial charge in [-0.05, 0) is 61.8 Å². The maximum absolute atomic E-state index is 12.5. The molecule has 0 spiro atoms. The van der Waals surface area contributed by atoms with Gasteiger partial charge in [-0.3, -0.25) is 14.3 Å². The van der Waals surface area contributed by atoms with Gasteiger partial charge in [-0.15, -0.1) is 0 Å². The van der Waals surface area contributed by atoms with E-state index in [0.717, 1.165) is 11.8 Å². The molecule has 4 aliphatic carbocycles. The normalized spacial score (nSPS) is 34.5. The number of carbonyl (C=O) groups excluding carboxylic acids is 1. The summed E-state index contributed by atoms with van der Waals surface area (Å²) in [4.78, 5) is 23.1. The van der Waals surface area contributed by atoms with E-state index >= 15 is 0 Å². The molecule has 0 atom stereocenters. The molecule has 4 aliphatic rings. The number of carboxylic acid groups (broad SMARTS) is 1. The van der Waals surface area contributed by atoms with Crippen LogP contribution in [-0.2, 0) is 11.3 Å². The molecule has 5 rings (SSSR count). The summed E-state index contributed by atoms with van der Waals surface area (Å²) in [5.74, 6) is 2.09. The summed E-state index contributed by atoms with van der Waals surface area (Å²) >= 11 is 0. The van der Waals surface area contributed by atoms with E-state index in [0.29, 0.717) is 30.1 Å². The van der Waals surface area contributed by atoms with Crippen molar-refractivity contribution in [2.24, 2.45) is 23.7 Å². The molecule has 0 radical (unpaired) electrons. The Morgan fingerprint density at radius 2 is 1.83 bits per heavy atom. The maximum Gasteiger partial charge on any atom is 0.305 e. The van der Waals surface area contributed by atoms with Crippen molar-refractivity contribution in [2.45, 2.75) is 51.1 Å². The lowest BCUT2D eigenvalue weighted by Crippen LogP contribution is -2.55. The van der Waals surface area contributed by atoms with Crippen LogP contribution in [0.3, 0.4) is 0 Å². The maximum atomic E-state index is 12.5. The fourth-order valence-corrected chi connectivity index (χ4v) is 5.20. The number of rotatable bonds is 5. The number of carbonyl (C=O) groups is 2. The Morgan fingerprint density at radius 1 is 1.17 bits per heavy atom. The highest BCUT2D eigenvalue weighted by Crippen LogP contribution is 2.53. The van der Waals surface area contributed by atoms with Crippen LogP contribution >= 0.6 is 0 Å². The number of nitrogens with zero attached hydrogens (tertiary/aromatic N) is 2. The lowest BCUT2D eigenvalue weighted by atomic mass is 9.54. The molecule has 4 saturated carbocycles. The first kappa shape index (κ1) is 14.7. The summed E-state index contributed by atoms with van der Waals surface area (Å²) in [5.41, 5.74) is 0.393. The Hall–Kier alpha value is -1.85. The monoisotopic (exact) mass is 317 g/mol. The van der Waals surface area contributed by atoms with Gasteiger partial charge >= 0.3 is 5.97 Å². The molecule has 4 bridgehead atoms. The van der Waals surface area contributed by atoms with Gasteiger partial charge in [0.2, 0.25) is 0 Å². The van der Waals surface area contributed by atoms with Crippen LogP contribution in [-0.4, -0.2) is 32.8 Å². The number of hydrogen-bond donors (Lipinski definition) is 2. The highest BCUT2D eigenvalue weighted by atomic mass is 16.4. The highest BCUT2D eigenvalue weighted by Gasteiger charge is 2.48. The van der Waals surface area contributed by atoms with Gasteiger partial charge in [0.05, 0.1) is 13.0 Å². The van der Waals surface area contributed by atoms with Crippen molar-refractivity contribution in [1.29, 1.82) is 0 Å². The Morgan fingerprint density at radius 3 is 2.43 bits per heavy atom. The van der Waals surface area contributed by atoms with Crippen LogP contribution in [0.4, 0.5) is 0 Å². The molecule has 4 fully saturated rings. The van der Waals surface area contributed by atoms with Gasteiger partial charge in [0.1, 0.15) is 5.69 Å². The second-order valence-corrected chi connectivity index (χ2v) is 7.54. The van der Waals surface area contributed by atoms with E-state index in [-0.39, 0.29) is 12.3 Å². The van der Waals surface area contributed by atoms with Crippen LogP contribution in [0, 0.1) is 23.7 Å². The molecule has 2 N–H and O–H groups in total. The Kier molecular flexibility index (Phi) is 3.62. The van der Waals surface area contributed by atoms with Crippen LogP contribution in [0.25, 0.3) is 0 Å². The average Bonchev–Trinajstić information content (AvgIpc) is 2.97. The topological polar surface area (TPSA) is 84.2 Å². The summed E-state index contributed by atoms with van der Waals surface area (Å²) in [6.45, 7) is 0.292. The van der Waals surface area contributed by atoms with E-state index in [4.69, 9.17) is 5.11 Å². The summed E-state index contributed by atoms with van der Waals surface area (Å²) < 4.78 is 1.53. The van der Waals surface area contributed by atoms with Crippen molar-refractivity contribution >= 4 is 11.9 Å². The molecular formula is C17H23N3O3. The number of aromatic nitrogens is 2. The molecule has 1 aromatic heterocycles. The second kappa shape index (κ2) is 5.65. The predicted octanol–water partition coefficient (Wildman–Crippen LogP) is 1.91. The first-order valence-electron chi connectivity index (χ1n) is 8.64. The second-order valence-electron chi connectivity index (χ2n) is 7.54. The van der Waals surface area contributed by atoms with Crippen molar-refractivity contribution in [3.05, 3.63) is 18.0 Å². The van der Waals surface area contributed by atoms with Crippen LogP contribution in [0.2, 0.25) is 0 Å². The van der Waals surface area contributed by atoms with Gasteiger partial charge < -0.3 is 10.4 Å². The SMILES string of the molecule is O=C(O)CCn1ccc(C(=O)NC2C3CC4CC(C3)CC2C4)n1. The lowest BCUT2D eigenvalue weighted by molar-refractivity contribution is -0.137. The molecule has 0 unspecified atom stereocenters. The van der Waals surface area contributed by atoms with Crippen molar-refractivity contribution < 1.29 is 14.7 Å². The van der Waals surface area contributed by atoms with Crippen LogP contribution in [0.1, 0.15) is 49.0 Å². The van der Waals surface area contributed by atoms with Crippen LogP contribution in [0.5, 0.6) is 0 Å². The van der Waals surface area contributed by atoms with E-state index in [1.807, 2.05) is 0 Å². The summed E-state index contributed by atoms with van der Waals surface area (Å²) in [5, 5.41) is 16.1. The smallest absolute Gasteiger partial charge is 0.305 e. The van der Waals surface area contributed by atoms with Crippen LogP contribution in [0.15, 0.2) is 12.3 Å². The zero-order chi connectivity index (χ0) is 16.0. The highest BCUT2D eigenvalue weighted by molar-refractivity contribution is 5.92. The molecule has 0 aromatic carbocycles. The van der Waals surface area contributed by atoms with E-state index in [1.165, 1.54) is 36.8 Å². The molecule has 0 saturated heterocycles. The number of aryl methyl sites for hydroxylation is 1. The Bertz CT molecular complexity index is 596. The number of nitrogens with one attached hydrogen (secondary N) is 1. The first-order chi connectivity index (χ1) is 11.1. The molecule has 1 amide bonds. The summed E-state index contributed by atoms with van der Waals surface area (Å²) in [6, 6.07) is 1.98. The van der Waals surface area contributed by atoms with Crippen LogP contribution < -0.4 is 5.32 Å². The third-order valence-corrected chi connectivity index (χ3v) is 5.95. The number of hydrogen-bond acceptors (Lipinski definition) is 3. The molecule has 1 aromatic rings. The van der Waals surface area contributed by atoms with Gasteiger partial charge in [-0.1, -0.05) is 0 Å². The lowest BCUT2D eigenvalue weighted by Gasteiger charge is -2.54.